The molecule has 0 spiro atoms. The van der Waals surface area contributed by atoms with Crippen LogP contribution < -0.4 is 5.32 Å². The van der Waals surface area contributed by atoms with E-state index >= 15 is 0 Å². The Balaban J connectivity index is 2.17. The van der Waals surface area contributed by atoms with Crippen LogP contribution in [0.15, 0.2) is 29.2 Å². The average Bonchev–Trinajstić information content (AvgIpc) is 2.67. The van der Waals surface area contributed by atoms with Crippen LogP contribution in [0.3, 0.4) is 0 Å². The number of para-hydroxylation sites is 1. The molecule has 0 unspecified atom stereocenters. The lowest BCUT2D eigenvalue weighted by molar-refractivity contribution is 0.432. The van der Waals surface area contributed by atoms with E-state index in [2.05, 4.69) is 5.32 Å². The Kier molecular flexibility index (Phi) is 3.77. The zero-order chi connectivity index (χ0) is 15.0. The van der Waals surface area contributed by atoms with E-state index < -0.39 is 10.0 Å². The number of sulfonamides is 1. The predicted octanol–water partition coefficient (Wildman–Crippen LogP) is 1.47. The topological polar surface area (TPSA) is 54.3 Å². The Hall–Kier alpha value is -1.37. The standard InChI is InChI=1S/C15H21N3O2S/c1-12-15(13-6-3-4-7-14(13)17(12)2)21(19,20)18-10-5-8-16-9-11-18/h3-4,6-7,16H,5,8-11H2,1-2H3. The molecule has 5 nitrogen and oxygen atoms in total. The molecule has 1 N–H and O–H groups in total. The van der Waals surface area contributed by atoms with Crippen molar-refractivity contribution in [2.75, 3.05) is 26.2 Å². The van der Waals surface area contributed by atoms with Crippen molar-refractivity contribution >= 4 is 20.9 Å². The highest BCUT2D eigenvalue weighted by Crippen LogP contribution is 2.31. The molecule has 2 heterocycles. The quantitative estimate of drug-likeness (QED) is 0.914. The molecule has 2 aromatic rings. The van der Waals surface area contributed by atoms with Gasteiger partial charge in [-0.3, -0.25) is 0 Å². The second-order valence-electron chi connectivity index (χ2n) is 5.50. The van der Waals surface area contributed by atoms with E-state index in [1.807, 2.05) is 42.8 Å². The third-order valence-corrected chi connectivity index (χ3v) is 6.31. The Morgan fingerprint density at radius 3 is 2.71 bits per heavy atom. The SMILES string of the molecule is Cc1c(S(=O)(=O)N2CCCNCC2)c2ccccc2n1C. The highest BCUT2D eigenvalue weighted by molar-refractivity contribution is 7.89. The van der Waals surface area contributed by atoms with Gasteiger partial charge in [0.25, 0.3) is 0 Å². The molecule has 114 valence electrons. The number of fused-ring (bicyclic) bond motifs is 1. The van der Waals surface area contributed by atoms with Gasteiger partial charge in [-0.25, -0.2) is 8.42 Å². The summed E-state index contributed by atoms with van der Waals surface area (Å²) in [7, 11) is -1.53. The molecule has 1 fully saturated rings. The average molecular weight is 307 g/mol. The summed E-state index contributed by atoms with van der Waals surface area (Å²) < 4.78 is 29.7. The van der Waals surface area contributed by atoms with Crippen molar-refractivity contribution < 1.29 is 8.42 Å². The lowest BCUT2D eigenvalue weighted by Crippen LogP contribution is -2.34. The number of nitrogens with zero attached hydrogens (tertiary/aromatic N) is 2. The number of aryl methyl sites for hydroxylation is 1. The lowest BCUT2D eigenvalue weighted by atomic mass is 10.2. The van der Waals surface area contributed by atoms with E-state index in [9.17, 15) is 8.42 Å². The van der Waals surface area contributed by atoms with Crippen molar-refractivity contribution in [3.8, 4) is 0 Å². The van der Waals surface area contributed by atoms with Gasteiger partial charge >= 0.3 is 0 Å². The Morgan fingerprint density at radius 2 is 1.90 bits per heavy atom. The van der Waals surface area contributed by atoms with Gasteiger partial charge in [0.1, 0.15) is 4.90 Å². The summed E-state index contributed by atoms with van der Waals surface area (Å²) in [5.74, 6) is 0. The summed E-state index contributed by atoms with van der Waals surface area (Å²) in [4.78, 5) is 0.461. The fraction of sp³-hybridized carbons (Fsp3) is 0.467. The fourth-order valence-corrected chi connectivity index (χ4v) is 4.92. The molecule has 1 saturated heterocycles. The Morgan fingerprint density at radius 1 is 1.14 bits per heavy atom. The highest BCUT2D eigenvalue weighted by atomic mass is 32.2. The van der Waals surface area contributed by atoms with Crippen molar-refractivity contribution in [3.05, 3.63) is 30.0 Å². The van der Waals surface area contributed by atoms with Crippen LogP contribution in [0.4, 0.5) is 0 Å². The number of hydrogen-bond donors (Lipinski definition) is 1. The van der Waals surface area contributed by atoms with E-state index in [0.29, 0.717) is 24.5 Å². The smallest absolute Gasteiger partial charge is 0.245 e. The first kappa shape index (κ1) is 14.6. The van der Waals surface area contributed by atoms with Crippen LogP contribution in [0, 0.1) is 6.92 Å². The number of aromatic nitrogens is 1. The number of rotatable bonds is 2. The van der Waals surface area contributed by atoms with Gasteiger partial charge in [-0.1, -0.05) is 18.2 Å². The molecule has 1 aromatic heterocycles. The minimum Gasteiger partial charge on any atom is -0.347 e. The molecular weight excluding hydrogens is 286 g/mol. The van der Waals surface area contributed by atoms with E-state index in [0.717, 1.165) is 29.6 Å². The molecule has 0 atom stereocenters. The van der Waals surface area contributed by atoms with Crippen LogP contribution in [0.2, 0.25) is 0 Å². The molecule has 1 aliphatic heterocycles. The largest absolute Gasteiger partial charge is 0.347 e. The first-order chi connectivity index (χ1) is 10.0. The van der Waals surface area contributed by atoms with E-state index in [-0.39, 0.29) is 0 Å². The summed E-state index contributed by atoms with van der Waals surface area (Å²) in [6, 6.07) is 7.69. The molecule has 1 aromatic carbocycles. The maximum Gasteiger partial charge on any atom is 0.245 e. The number of hydrogen-bond acceptors (Lipinski definition) is 3. The fourth-order valence-electron chi connectivity index (χ4n) is 3.00. The summed E-state index contributed by atoms with van der Waals surface area (Å²) in [6.07, 6.45) is 0.850. The lowest BCUT2D eigenvalue weighted by Gasteiger charge is -2.20. The van der Waals surface area contributed by atoms with Crippen molar-refractivity contribution in [2.45, 2.75) is 18.2 Å². The van der Waals surface area contributed by atoms with Crippen molar-refractivity contribution in [3.63, 3.8) is 0 Å². The summed E-state index contributed by atoms with van der Waals surface area (Å²) in [6.45, 7) is 4.58. The second-order valence-corrected chi connectivity index (χ2v) is 7.37. The number of nitrogens with one attached hydrogen (secondary N) is 1. The molecule has 21 heavy (non-hydrogen) atoms. The molecule has 6 heteroatoms. The van der Waals surface area contributed by atoms with Crippen LogP contribution in [-0.2, 0) is 17.1 Å². The van der Waals surface area contributed by atoms with Crippen LogP contribution >= 0.6 is 0 Å². The van der Waals surface area contributed by atoms with Crippen molar-refractivity contribution in [1.29, 1.82) is 0 Å². The summed E-state index contributed by atoms with van der Waals surface area (Å²) in [5, 5.41) is 4.06. The van der Waals surface area contributed by atoms with Crippen molar-refractivity contribution in [2.24, 2.45) is 7.05 Å². The van der Waals surface area contributed by atoms with E-state index in [4.69, 9.17) is 0 Å². The second kappa shape index (κ2) is 5.44. The van der Waals surface area contributed by atoms with Gasteiger partial charge in [0, 0.05) is 43.3 Å². The summed E-state index contributed by atoms with van der Waals surface area (Å²) in [5.41, 5.74) is 1.76. The molecule has 0 radical (unpaired) electrons. The van der Waals surface area contributed by atoms with Gasteiger partial charge in [-0.05, 0) is 26.0 Å². The summed E-state index contributed by atoms with van der Waals surface area (Å²) >= 11 is 0. The zero-order valence-electron chi connectivity index (χ0n) is 12.5. The van der Waals surface area contributed by atoms with E-state index in [1.165, 1.54) is 0 Å². The molecule has 1 aliphatic rings. The molecular formula is C15H21N3O2S. The van der Waals surface area contributed by atoms with Gasteiger partial charge in [0.15, 0.2) is 0 Å². The molecule has 0 bridgehead atoms. The third kappa shape index (κ3) is 2.37. The monoisotopic (exact) mass is 307 g/mol. The normalized spacial score (nSPS) is 18.0. The molecule has 0 saturated carbocycles. The van der Waals surface area contributed by atoms with Crippen LogP contribution in [0.5, 0.6) is 0 Å². The minimum absolute atomic E-state index is 0.461. The molecule has 3 rings (SSSR count). The predicted molar refractivity (Wildman–Crippen MR) is 83.9 cm³/mol. The molecule has 0 aliphatic carbocycles. The van der Waals surface area contributed by atoms with Crippen molar-refractivity contribution in [1.82, 2.24) is 14.2 Å². The Bertz CT molecular complexity index is 757. The van der Waals surface area contributed by atoms with E-state index in [1.54, 1.807) is 4.31 Å². The van der Waals surface area contributed by atoms with Gasteiger partial charge in [-0.2, -0.15) is 4.31 Å². The van der Waals surface area contributed by atoms with Crippen LogP contribution in [0.25, 0.3) is 10.9 Å². The zero-order valence-corrected chi connectivity index (χ0v) is 13.3. The van der Waals surface area contributed by atoms with Crippen LogP contribution in [0.1, 0.15) is 12.1 Å². The number of benzene rings is 1. The van der Waals surface area contributed by atoms with Gasteiger partial charge in [-0.15, -0.1) is 0 Å². The van der Waals surface area contributed by atoms with Gasteiger partial charge < -0.3 is 9.88 Å². The maximum absolute atomic E-state index is 13.1. The first-order valence-corrected chi connectivity index (χ1v) is 8.72. The van der Waals surface area contributed by atoms with Gasteiger partial charge in [0.05, 0.1) is 0 Å². The third-order valence-electron chi connectivity index (χ3n) is 4.24. The van der Waals surface area contributed by atoms with Crippen LogP contribution in [-0.4, -0.2) is 43.5 Å². The first-order valence-electron chi connectivity index (χ1n) is 7.28. The minimum atomic E-state index is -3.45. The molecule has 0 amide bonds. The maximum atomic E-state index is 13.1. The Labute approximate surface area is 125 Å². The highest BCUT2D eigenvalue weighted by Gasteiger charge is 2.30. The van der Waals surface area contributed by atoms with Gasteiger partial charge in [0.2, 0.25) is 10.0 Å².